The van der Waals surface area contributed by atoms with E-state index in [4.69, 9.17) is 9.47 Å². The lowest BCUT2D eigenvalue weighted by atomic mass is 10.2. The highest BCUT2D eigenvalue weighted by molar-refractivity contribution is 5.52. The summed E-state index contributed by atoms with van der Waals surface area (Å²) < 4.78 is 10.8. The summed E-state index contributed by atoms with van der Waals surface area (Å²) in [5, 5.41) is 0. The van der Waals surface area contributed by atoms with Crippen LogP contribution in [0.1, 0.15) is 27.2 Å². The lowest BCUT2D eigenvalue weighted by molar-refractivity contribution is -0.197. The maximum atomic E-state index is 10.3. The third kappa shape index (κ3) is 3.05. The number of hydrogen-bond donors (Lipinski definition) is 0. The highest BCUT2D eigenvalue weighted by Gasteiger charge is 2.24. The molecule has 1 heterocycles. The first-order chi connectivity index (χ1) is 6.03. The lowest BCUT2D eigenvalue weighted by Crippen LogP contribution is -2.31. The number of hydrogen-bond acceptors (Lipinski definition) is 3. The van der Waals surface area contributed by atoms with Crippen molar-refractivity contribution in [3.8, 4) is 0 Å². The maximum absolute atomic E-state index is 10.3. The zero-order valence-corrected chi connectivity index (χ0v) is 8.22. The summed E-state index contributed by atoms with van der Waals surface area (Å²) in [6, 6.07) is 0. The minimum absolute atomic E-state index is 0.524. The Morgan fingerprint density at radius 3 is 2.92 bits per heavy atom. The van der Waals surface area contributed by atoms with Gasteiger partial charge in [-0.25, -0.2) is 4.79 Å². The van der Waals surface area contributed by atoms with E-state index < -0.39 is 5.79 Å². The first kappa shape index (κ1) is 10.0. The first-order valence-electron chi connectivity index (χ1n) is 4.26. The van der Waals surface area contributed by atoms with Gasteiger partial charge >= 0.3 is 0 Å². The standard InChI is InChI=1S/C10H14O3/c1-8(7-11)6-9-4-5-12-10(2,3)13-9/h4H,5-6H2,1-3H3. The molecule has 0 bridgehead atoms. The van der Waals surface area contributed by atoms with E-state index in [9.17, 15) is 4.79 Å². The van der Waals surface area contributed by atoms with E-state index in [1.807, 2.05) is 25.9 Å². The Kier molecular flexibility index (Phi) is 2.91. The summed E-state index contributed by atoms with van der Waals surface area (Å²) >= 11 is 0. The average Bonchev–Trinajstić information content (AvgIpc) is 2.02. The predicted molar refractivity (Wildman–Crippen MR) is 48.7 cm³/mol. The van der Waals surface area contributed by atoms with Gasteiger partial charge in [0.25, 0.3) is 0 Å². The lowest BCUT2D eigenvalue weighted by Gasteiger charge is -2.31. The second-order valence-corrected chi connectivity index (χ2v) is 3.54. The topological polar surface area (TPSA) is 35.5 Å². The molecule has 0 aromatic heterocycles. The van der Waals surface area contributed by atoms with E-state index in [1.54, 1.807) is 6.92 Å². The molecule has 0 aliphatic carbocycles. The molecule has 3 nitrogen and oxygen atoms in total. The Morgan fingerprint density at radius 1 is 1.69 bits per heavy atom. The quantitative estimate of drug-likeness (QED) is 0.611. The summed E-state index contributed by atoms with van der Waals surface area (Å²) in [7, 11) is 0. The molecule has 0 N–H and O–H groups in total. The summed E-state index contributed by atoms with van der Waals surface area (Å²) in [6.45, 7) is 5.97. The molecule has 1 aliphatic heterocycles. The molecule has 0 aromatic carbocycles. The molecule has 1 rings (SSSR count). The number of allylic oxidation sites excluding steroid dienone is 1. The minimum Gasteiger partial charge on any atom is -0.467 e. The Bertz CT molecular complexity index is 270. The highest BCUT2D eigenvalue weighted by atomic mass is 16.7. The van der Waals surface area contributed by atoms with E-state index in [-0.39, 0.29) is 0 Å². The Balaban J connectivity index is 2.62. The van der Waals surface area contributed by atoms with Gasteiger partial charge in [0.15, 0.2) is 0 Å². The van der Waals surface area contributed by atoms with Crippen LogP contribution in [0.5, 0.6) is 0 Å². The van der Waals surface area contributed by atoms with Crippen LogP contribution < -0.4 is 0 Å². The summed E-state index contributed by atoms with van der Waals surface area (Å²) in [5.74, 6) is 2.06. The molecule has 13 heavy (non-hydrogen) atoms. The van der Waals surface area contributed by atoms with Crippen LogP contribution in [-0.4, -0.2) is 18.3 Å². The first-order valence-corrected chi connectivity index (χ1v) is 4.26. The van der Waals surface area contributed by atoms with Gasteiger partial charge in [-0.2, -0.15) is 0 Å². The summed E-state index contributed by atoms with van der Waals surface area (Å²) in [6.07, 6.45) is 2.36. The minimum atomic E-state index is -0.576. The van der Waals surface area contributed by atoms with Gasteiger partial charge < -0.3 is 9.47 Å². The Labute approximate surface area is 78.0 Å². The van der Waals surface area contributed by atoms with Crippen LogP contribution in [-0.2, 0) is 14.3 Å². The molecular formula is C10H14O3. The largest absolute Gasteiger partial charge is 0.467 e. The molecule has 1 aliphatic rings. The number of carbonyl (C=O) groups excluding carboxylic acids is 1. The zero-order valence-electron chi connectivity index (χ0n) is 8.22. The molecule has 0 aromatic rings. The van der Waals surface area contributed by atoms with Crippen LogP contribution in [0.4, 0.5) is 0 Å². The van der Waals surface area contributed by atoms with Gasteiger partial charge in [0, 0.05) is 25.8 Å². The molecular weight excluding hydrogens is 168 g/mol. The third-order valence-electron chi connectivity index (χ3n) is 1.73. The van der Waals surface area contributed by atoms with Crippen LogP contribution in [0.25, 0.3) is 0 Å². The molecule has 0 saturated carbocycles. The fraction of sp³-hybridized carbons (Fsp3) is 0.600. The summed E-state index contributed by atoms with van der Waals surface area (Å²) in [4.78, 5) is 10.3. The van der Waals surface area contributed by atoms with Crippen LogP contribution in [0.15, 0.2) is 17.4 Å². The highest BCUT2D eigenvalue weighted by Crippen LogP contribution is 2.24. The smallest absolute Gasteiger partial charge is 0.204 e. The van der Waals surface area contributed by atoms with Gasteiger partial charge in [-0.1, -0.05) is 0 Å². The van der Waals surface area contributed by atoms with E-state index in [2.05, 4.69) is 0 Å². The predicted octanol–water partition coefficient (Wildman–Crippen LogP) is 1.82. The van der Waals surface area contributed by atoms with E-state index in [0.717, 1.165) is 5.76 Å². The van der Waals surface area contributed by atoms with Crippen LogP contribution in [0.3, 0.4) is 0 Å². The Morgan fingerprint density at radius 2 is 2.38 bits per heavy atom. The fourth-order valence-corrected chi connectivity index (χ4v) is 1.13. The zero-order chi connectivity index (χ0) is 9.90. The van der Waals surface area contributed by atoms with Gasteiger partial charge in [0.05, 0.1) is 6.61 Å². The molecule has 0 spiro atoms. The Hall–Kier alpha value is -1.05. The SMILES string of the molecule is CC(=C=O)CC1=CCOC(C)(C)O1. The number of ether oxygens (including phenoxy) is 2. The average molecular weight is 182 g/mol. The fourth-order valence-electron chi connectivity index (χ4n) is 1.13. The van der Waals surface area contributed by atoms with E-state index >= 15 is 0 Å². The van der Waals surface area contributed by atoms with Crippen molar-refractivity contribution in [2.75, 3.05) is 6.61 Å². The number of rotatable bonds is 2. The van der Waals surface area contributed by atoms with Crippen molar-refractivity contribution >= 4 is 5.94 Å². The second-order valence-electron chi connectivity index (χ2n) is 3.54. The molecule has 0 amide bonds. The van der Waals surface area contributed by atoms with Gasteiger partial charge in [-0.15, -0.1) is 0 Å². The third-order valence-corrected chi connectivity index (χ3v) is 1.73. The van der Waals surface area contributed by atoms with Crippen molar-refractivity contribution in [3.63, 3.8) is 0 Å². The van der Waals surface area contributed by atoms with Crippen molar-refractivity contribution in [1.82, 2.24) is 0 Å². The second kappa shape index (κ2) is 3.77. The summed E-state index contributed by atoms with van der Waals surface area (Å²) in [5.41, 5.74) is 0.643. The van der Waals surface area contributed by atoms with Gasteiger partial charge in [-0.3, -0.25) is 0 Å². The van der Waals surface area contributed by atoms with E-state index in [0.29, 0.717) is 18.6 Å². The maximum Gasteiger partial charge on any atom is 0.204 e. The molecule has 0 radical (unpaired) electrons. The van der Waals surface area contributed by atoms with Crippen molar-refractivity contribution in [3.05, 3.63) is 17.4 Å². The van der Waals surface area contributed by atoms with Crippen molar-refractivity contribution in [2.45, 2.75) is 33.0 Å². The molecule has 3 heteroatoms. The van der Waals surface area contributed by atoms with Crippen LogP contribution >= 0.6 is 0 Å². The van der Waals surface area contributed by atoms with Crippen LogP contribution in [0, 0.1) is 0 Å². The van der Waals surface area contributed by atoms with Gasteiger partial charge in [-0.05, 0) is 13.0 Å². The van der Waals surface area contributed by atoms with Gasteiger partial charge in [0.1, 0.15) is 11.7 Å². The van der Waals surface area contributed by atoms with Crippen molar-refractivity contribution in [2.24, 2.45) is 0 Å². The molecule has 0 unspecified atom stereocenters. The normalized spacial score (nSPS) is 19.8. The van der Waals surface area contributed by atoms with Gasteiger partial charge in [0.2, 0.25) is 5.79 Å². The molecule has 0 saturated heterocycles. The van der Waals surface area contributed by atoms with E-state index in [1.165, 1.54) is 0 Å². The van der Waals surface area contributed by atoms with Crippen molar-refractivity contribution < 1.29 is 14.3 Å². The molecule has 72 valence electrons. The van der Waals surface area contributed by atoms with Crippen molar-refractivity contribution in [1.29, 1.82) is 0 Å². The molecule has 0 atom stereocenters. The monoisotopic (exact) mass is 182 g/mol. The molecule has 0 fully saturated rings. The van der Waals surface area contributed by atoms with Crippen LogP contribution in [0.2, 0.25) is 0 Å².